The fourth-order valence-corrected chi connectivity index (χ4v) is 3.67. The number of aliphatic hydroxyl groups is 2. The van der Waals surface area contributed by atoms with Crippen LogP contribution in [0.3, 0.4) is 0 Å². The van der Waals surface area contributed by atoms with E-state index in [0.717, 1.165) is 25.2 Å². The molecule has 0 amide bonds. The lowest BCUT2D eigenvalue weighted by atomic mass is 10.1. The molecule has 2 N–H and O–H groups in total. The average Bonchev–Trinajstić information content (AvgIpc) is 3.37. The molecule has 1 aromatic rings. The lowest BCUT2D eigenvalue weighted by molar-refractivity contribution is -0.0464. The van der Waals surface area contributed by atoms with E-state index in [0.29, 0.717) is 12.1 Å². The first-order valence-corrected chi connectivity index (χ1v) is 9.78. The average molecular weight is 366 g/mol. The number of aliphatic hydroxyl groups excluding tert-OH is 2. The molecule has 0 unspecified atom stereocenters. The van der Waals surface area contributed by atoms with Crippen molar-refractivity contribution in [2.45, 2.75) is 83.3 Å². The second kappa shape index (κ2) is 8.50. The van der Waals surface area contributed by atoms with Crippen LogP contribution < -0.4 is 11.2 Å². The van der Waals surface area contributed by atoms with Crippen molar-refractivity contribution in [3.05, 3.63) is 32.6 Å². The van der Waals surface area contributed by atoms with Crippen LogP contribution in [0.4, 0.5) is 0 Å². The van der Waals surface area contributed by atoms with Crippen LogP contribution in [0.25, 0.3) is 0 Å². The van der Waals surface area contributed by atoms with E-state index in [1.807, 2.05) is 0 Å². The van der Waals surface area contributed by atoms with E-state index in [1.54, 1.807) is 6.92 Å². The van der Waals surface area contributed by atoms with Crippen molar-refractivity contribution in [2.24, 2.45) is 5.92 Å². The Morgan fingerprint density at radius 2 is 1.92 bits per heavy atom. The minimum Gasteiger partial charge on any atom is -0.394 e. The Balaban J connectivity index is 1.64. The predicted molar refractivity (Wildman–Crippen MR) is 97.1 cm³/mol. The molecule has 2 aliphatic rings. The molecule has 1 aliphatic carbocycles. The van der Waals surface area contributed by atoms with Gasteiger partial charge in [-0.1, -0.05) is 38.5 Å². The number of ether oxygens (including phenoxy) is 1. The topological polar surface area (TPSA) is 93.7 Å². The van der Waals surface area contributed by atoms with Gasteiger partial charge in [-0.3, -0.25) is 13.9 Å². The number of aryl methyl sites for hydroxylation is 1. The zero-order valence-corrected chi connectivity index (χ0v) is 15.5. The molecule has 1 saturated heterocycles. The van der Waals surface area contributed by atoms with Crippen molar-refractivity contribution in [3.8, 4) is 0 Å². The van der Waals surface area contributed by atoms with E-state index >= 15 is 0 Å². The van der Waals surface area contributed by atoms with Gasteiger partial charge in [-0.15, -0.1) is 0 Å². The second-order valence-electron chi connectivity index (χ2n) is 7.72. The Morgan fingerprint density at radius 3 is 2.58 bits per heavy atom. The minimum absolute atomic E-state index is 0.226. The molecule has 3 rings (SSSR count). The van der Waals surface area contributed by atoms with E-state index in [9.17, 15) is 19.8 Å². The third kappa shape index (κ3) is 4.45. The first kappa shape index (κ1) is 19.3. The summed E-state index contributed by atoms with van der Waals surface area (Å²) in [7, 11) is 0. The lowest BCUT2D eigenvalue weighted by Crippen LogP contribution is -2.42. The fourth-order valence-electron chi connectivity index (χ4n) is 3.67. The van der Waals surface area contributed by atoms with E-state index in [4.69, 9.17) is 4.74 Å². The molecule has 26 heavy (non-hydrogen) atoms. The zero-order valence-electron chi connectivity index (χ0n) is 15.5. The molecule has 3 atom stereocenters. The van der Waals surface area contributed by atoms with Gasteiger partial charge in [-0.05, 0) is 19.3 Å². The van der Waals surface area contributed by atoms with Crippen molar-refractivity contribution < 1.29 is 14.9 Å². The largest absolute Gasteiger partial charge is 0.394 e. The third-order valence-corrected chi connectivity index (χ3v) is 5.50. The third-order valence-electron chi connectivity index (χ3n) is 5.50. The van der Waals surface area contributed by atoms with Crippen LogP contribution in [-0.4, -0.2) is 38.2 Å². The summed E-state index contributed by atoms with van der Waals surface area (Å²) in [6.45, 7) is 1.78. The van der Waals surface area contributed by atoms with Gasteiger partial charge in [0.25, 0.3) is 5.56 Å². The van der Waals surface area contributed by atoms with E-state index in [2.05, 4.69) is 0 Å². The summed E-state index contributed by atoms with van der Waals surface area (Å²) in [6, 6.07) is 0. The molecule has 2 fully saturated rings. The number of aromatic nitrogens is 2. The van der Waals surface area contributed by atoms with Crippen LogP contribution in [0, 0.1) is 12.8 Å². The monoisotopic (exact) mass is 366 g/mol. The van der Waals surface area contributed by atoms with E-state index in [1.165, 1.54) is 41.0 Å². The molecule has 146 valence electrons. The molecule has 1 aromatic heterocycles. The maximum atomic E-state index is 12.7. The summed E-state index contributed by atoms with van der Waals surface area (Å²) < 4.78 is 8.23. The molecular formula is C19H30N2O5. The van der Waals surface area contributed by atoms with Gasteiger partial charge in [0.05, 0.1) is 12.7 Å². The van der Waals surface area contributed by atoms with Crippen LogP contribution in [-0.2, 0) is 11.3 Å². The normalized spacial score (nSPS) is 25.7. The molecule has 0 spiro atoms. The number of unbranched alkanes of at least 4 members (excludes halogenated alkanes) is 3. The van der Waals surface area contributed by atoms with Gasteiger partial charge in [-0.25, -0.2) is 4.79 Å². The van der Waals surface area contributed by atoms with E-state index in [-0.39, 0.29) is 18.6 Å². The SMILES string of the molecule is Cc1cn([C@H]2C[C@H](O)[C@@H](CO)O2)c(=O)n(CCCCCCC2CC2)c1=O. The first-order valence-electron chi connectivity index (χ1n) is 9.78. The Kier molecular flexibility index (Phi) is 6.32. The number of nitrogens with zero attached hydrogens (tertiary/aromatic N) is 2. The molecule has 1 saturated carbocycles. The van der Waals surface area contributed by atoms with Crippen LogP contribution in [0.2, 0.25) is 0 Å². The molecule has 0 bridgehead atoms. The highest BCUT2D eigenvalue weighted by Crippen LogP contribution is 2.34. The first-order chi connectivity index (χ1) is 12.5. The molecule has 0 radical (unpaired) electrons. The van der Waals surface area contributed by atoms with Crippen molar-refractivity contribution in [2.75, 3.05) is 6.61 Å². The maximum absolute atomic E-state index is 12.7. The van der Waals surface area contributed by atoms with Crippen molar-refractivity contribution >= 4 is 0 Å². The highest BCUT2D eigenvalue weighted by Gasteiger charge is 2.35. The summed E-state index contributed by atoms with van der Waals surface area (Å²) in [6.07, 6.45) is 7.81. The van der Waals surface area contributed by atoms with Crippen molar-refractivity contribution in [1.82, 2.24) is 9.13 Å². The van der Waals surface area contributed by atoms with Crippen molar-refractivity contribution in [3.63, 3.8) is 0 Å². The van der Waals surface area contributed by atoms with Gasteiger partial charge >= 0.3 is 5.69 Å². The van der Waals surface area contributed by atoms with Gasteiger partial charge in [0.15, 0.2) is 0 Å². The Hall–Kier alpha value is -1.44. The zero-order chi connectivity index (χ0) is 18.7. The van der Waals surface area contributed by atoms with Gasteiger partial charge in [0.1, 0.15) is 12.3 Å². The number of hydrogen-bond acceptors (Lipinski definition) is 5. The number of hydrogen-bond donors (Lipinski definition) is 2. The summed E-state index contributed by atoms with van der Waals surface area (Å²) >= 11 is 0. The van der Waals surface area contributed by atoms with Gasteiger partial charge in [0.2, 0.25) is 0 Å². The van der Waals surface area contributed by atoms with Crippen LogP contribution in [0.1, 0.15) is 63.2 Å². The highest BCUT2D eigenvalue weighted by molar-refractivity contribution is 5.04. The molecule has 1 aliphatic heterocycles. The van der Waals surface area contributed by atoms with Crippen LogP contribution >= 0.6 is 0 Å². The van der Waals surface area contributed by atoms with Crippen LogP contribution in [0.15, 0.2) is 15.8 Å². The Bertz CT molecular complexity index is 722. The number of rotatable bonds is 9. The minimum atomic E-state index is -0.816. The molecule has 2 heterocycles. The standard InChI is InChI=1S/C19H30N2O5/c1-13-11-21(17-10-15(23)16(12-22)26-17)19(25)20(18(13)24)9-5-3-2-4-6-14-7-8-14/h11,14-17,22-23H,2-10,12H2,1H3/t15-,16+,17+/m0/s1. The van der Waals surface area contributed by atoms with Gasteiger partial charge in [-0.2, -0.15) is 0 Å². The summed E-state index contributed by atoms with van der Waals surface area (Å²) in [5, 5.41) is 19.1. The molecular weight excluding hydrogens is 336 g/mol. The van der Waals surface area contributed by atoms with Crippen LogP contribution in [0.5, 0.6) is 0 Å². The Labute approximate surface area is 153 Å². The van der Waals surface area contributed by atoms with Crippen molar-refractivity contribution in [1.29, 1.82) is 0 Å². The smallest absolute Gasteiger partial charge is 0.333 e. The molecule has 7 heteroatoms. The summed E-state index contributed by atoms with van der Waals surface area (Å²) in [5.41, 5.74) is -0.195. The quantitative estimate of drug-likeness (QED) is 0.643. The highest BCUT2D eigenvalue weighted by atomic mass is 16.5. The lowest BCUT2D eigenvalue weighted by Gasteiger charge is -2.17. The van der Waals surface area contributed by atoms with E-state index < -0.39 is 24.1 Å². The maximum Gasteiger partial charge on any atom is 0.333 e. The van der Waals surface area contributed by atoms with Gasteiger partial charge in [0, 0.05) is 24.7 Å². The Morgan fingerprint density at radius 1 is 1.19 bits per heavy atom. The summed E-state index contributed by atoms with van der Waals surface area (Å²) in [5.74, 6) is 0.950. The molecule has 0 aromatic carbocycles. The fraction of sp³-hybridized carbons (Fsp3) is 0.789. The van der Waals surface area contributed by atoms with Gasteiger partial charge < -0.3 is 14.9 Å². The summed E-state index contributed by atoms with van der Waals surface area (Å²) in [4.78, 5) is 25.1. The molecule has 7 nitrogen and oxygen atoms in total. The second-order valence-corrected chi connectivity index (χ2v) is 7.72. The predicted octanol–water partition coefficient (Wildman–Crippen LogP) is 1.32.